The maximum atomic E-state index is 12.4. The first-order valence-corrected chi connectivity index (χ1v) is 11.6. The van der Waals surface area contributed by atoms with E-state index in [1.165, 1.54) is 10.5 Å². The molecule has 2 atom stereocenters. The van der Waals surface area contributed by atoms with E-state index in [-0.39, 0.29) is 11.7 Å². The number of hydrogen-bond acceptors (Lipinski definition) is 5. The van der Waals surface area contributed by atoms with Crippen molar-refractivity contribution in [1.82, 2.24) is 0 Å². The Morgan fingerprint density at radius 2 is 1.79 bits per heavy atom. The standard InChI is InChI=1S/C24H24N2OS2/c1-4-18-10-12-19(13-11-18)23-21(14-25)24(26-16(2)22(23)17(3)27)29-15-28-20-8-6-5-7-9-20/h5-13,21,23H,4,15H2,1-3H3/t21?,23-/m0/s1. The van der Waals surface area contributed by atoms with Gasteiger partial charge >= 0.3 is 0 Å². The molecule has 0 saturated carbocycles. The Morgan fingerprint density at radius 1 is 1.10 bits per heavy atom. The molecule has 0 saturated heterocycles. The summed E-state index contributed by atoms with van der Waals surface area (Å²) in [6, 6.07) is 20.9. The fraction of sp³-hybridized carbons (Fsp3) is 0.292. The van der Waals surface area contributed by atoms with Gasteiger partial charge in [0.05, 0.1) is 11.1 Å². The highest BCUT2D eigenvalue weighted by Gasteiger charge is 2.37. The number of thioether (sulfide) groups is 2. The van der Waals surface area contributed by atoms with Crippen molar-refractivity contribution in [2.24, 2.45) is 10.9 Å². The number of carbonyl (C=O) groups excluding carboxylic acids is 1. The third-order valence-electron chi connectivity index (χ3n) is 5.02. The highest BCUT2D eigenvalue weighted by molar-refractivity contribution is 8.24. The molecule has 1 unspecified atom stereocenters. The van der Waals surface area contributed by atoms with Gasteiger partial charge in [-0.15, -0.1) is 11.8 Å². The van der Waals surface area contributed by atoms with Crippen LogP contribution in [0.15, 0.2) is 75.8 Å². The number of allylic oxidation sites excluding steroid dienone is 2. The minimum absolute atomic E-state index is 0.0150. The highest BCUT2D eigenvalue weighted by atomic mass is 32.2. The van der Waals surface area contributed by atoms with Crippen LogP contribution in [0.5, 0.6) is 0 Å². The van der Waals surface area contributed by atoms with Gasteiger partial charge in [-0.3, -0.25) is 4.79 Å². The number of benzene rings is 2. The number of aryl methyl sites for hydroxylation is 1. The molecule has 0 amide bonds. The van der Waals surface area contributed by atoms with Crippen LogP contribution in [0, 0.1) is 17.2 Å². The number of nitrogens with zero attached hydrogens (tertiary/aromatic N) is 2. The summed E-state index contributed by atoms with van der Waals surface area (Å²) in [6.07, 6.45) is 0.959. The van der Waals surface area contributed by atoms with Crippen LogP contribution >= 0.6 is 23.5 Å². The summed E-state index contributed by atoms with van der Waals surface area (Å²) < 4.78 is 0. The van der Waals surface area contributed by atoms with Crippen molar-refractivity contribution in [2.45, 2.75) is 38.0 Å². The van der Waals surface area contributed by atoms with Crippen molar-refractivity contribution >= 4 is 34.4 Å². The molecule has 0 radical (unpaired) electrons. The van der Waals surface area contributed by atoms with Crippen LogP contribution < -0.4 is 0 Å². The van der Waals surface area contributed by atoms with Gasteiger partial charge in [0.25, 0.3) is 0 Å². The van der Waals surface area contributed by atoms with E-state index in [1.807, 2.05) is 25.1 Å². The molecule has 0 bridgehead atoms. The van der Waals surface area contributed by atoms with Crippen molar-refractivity contribution in [3.05, 3.63) is 77.0 Å². The fourth-order valence-electron chi connectivity index (χ4n) is 3.55. The highest BCUT2D eigenvalue weighted by Crippen LogP contribution is 2.42. The molecule has 3 nitrogen and oxygen atoms in total. The molecule has 0 aromatic heterocycles. The van der Waals surface area contributed by atoms with E-state index >= 15 is 0 Å². The first kappa shape index (κ1) is 21.4. The van der Waals surface area contributed by atoms with Crippen LogP contribution in [0.1, 0.15) is 37.8 Å². The van der Waals surface area contributed by atoms with Gasteiger partial charge in [-0.25, -0.2) is 4.99 Å². The zero-order chi connectivity index (χ0) is 20.8. The van der Waals surface area contributed by atoms with E-state index < -0.39 is 5.92 Å². The average molecular weight is 421 g/mol. The Bertz CT molecular complexity index is 972. The smallest absolute Gasteiger partial charge is 0.158 e. The van der Waals surface area contributed by atoms with Crippen LogP contribution in [0.3, 0.4) is 0 Å². The SMILES string of the molecule is CCc1ccc([C@@H]2C(C(C)=O)=C(C)N=C(SCSc3ccccc3)C2C#N)cc1. The van der Waals surface area contributed by atoms with Crippen LogP contribution in [-0.2, 0) is 11.2 Å². The van der Waals surface area contributed by atoms with Gasteiger partial charge in [0.1, 0.15) is 5.92 Å². The Morgan fingerprint density at radius 3 is 2.38 bits per heavy atom. The molecule has 2 aromatic carbocycles. The lowest BCUT2D eigenvalue weighted by Crippen LogP contribution is -2.28. The molecule has 1 aliphatic heterocycles. The van der Waals surface area contributed by atoms with E-state index in [2.05, 4.69) is 54.4 Å². The average Bonchev–Trinajstić information content (AvgIpc) is 2.74. The van der Waals surface area contributed by atoms with E-state index in [9.17, 15) is 10.1 Å². The number of nitriles is 1. The predicted octanol–water partition coefficient (Wildman–Crippen LogP) is 6.23. The molecule has 0 aliphatic carbocycles. The molecule has 0 spiro atoms. The third-order valence-corrected chi connectivity index (χ3v) is 7.21. The van der Waals surface area contributed by atoms with Gasteiger partial charge in [-0.2, -0.15) is 5.26 Å². The maximum Gasteiger partial charge on any atom is 0.158 e. The van der Waals surface area contributed by atoms with Gasteiger partial charge in [0, 0.05) is 27.2 Å². The van der Waals surface area contributed by atoms with Crippen LogP contribution in [-0.4, -0.2) is 15.9 Å². The normalized spacial score (nSPS) is 18.9. The molecule has 3 rings (SSSR count). The third kappa shape index (κ3) is 5.01. The van der Waals surface area contributed by atoms with Crippen molar-refractivity contribution in [2.75, 3.05) is 5.08 Å². The van der Waals surface area contributed by atoms with Crippen molar-refractivity contribution in [3.63, 3.8) is 0 Å². The monoisotopic (exact) mass is 420 g/mol. The maximum absolute atomic E-state index is 12.4. The number of rotatable bonds is 6. The second-order valence-corrected chi connectivity index (χ2v) is 9.31. The quantitative estimate of drug-likeness (QED) is 0.410. The number of carbonyl (C=O) groups is 1. The molecule has 0 fully saturated rings. The Labute approximate surface area is 181 Å². The number of hydrogen-bond donors (Lipinski definition) is 0. The zero-order valence-corrected chi connectivity index (χ0v) is 18.5. The second kappa shape index (κ2) is 9.96. The molecule has 5 heteroatoms. The van der Waals surface area contributed by atoms with Crippen molar-refractivity contribution in [1.29, 1.82) is 5.26 Å². The molecular weight excluding hydrogens is 396 g/mol. The lowest BCUT2D eigenvalue weighted by Gasteiger charge is -2.30. The van der Waals surface area contributed by atoms with E-state index in [4.69, 9.17) is 0 Å². The Kier molecular flexibility index (Phi) is 7.35. The van der Waals surface area contributed by atoms with E-state index in [0.717, 1.165) is 27.8 Å². The first-order valence-electron chi connectivity index (χ1n) is 9.64. The second-order valence-electron chi connectivity index (χ2n) is 6.90. The lowest BCUT2D eigenvalue weighted by atomic mass is 9.77. The van der Waals surface area contributed by atoms with E-state index in [1.54, 1.807) is 30.4 Å². The fourth-order valence-corrected chi connectivity index (χ4v) is 5.73. The minimum atomic E-state index is -0.452. The summed E-state index contributed by atoms with van der Waals surface area (Å²) in [7, 11) is 0. The topological polar surface area (TPSA) is 53.2 Å². The van der Waals surface area contributed by atoms with Gasteiger partial charge in [-0.1, -0.05) is 61.2 Å². The summed E-state index contributed by atoms with van der Waals surface area (Å²) in [6.45, 7) is 5.56. The van der Waals surface area contributed by atoms with Gasteiger partial charge < -0.3 is 0 Å². The van der Waals surface area contributed by atoms with Gasteiger partial charge in [0.2, 0.25) is 0 Å². The van der Waals surface area contributed by atoms with Gasteiger partial charge in [-0.05, 0) is 43.5 Å². The largest absolute Gasteiger partial charge is 0.295 e. The van der Waals surface area contributed by atoms with Crippen molar-refractivity contribution in [3.8, 4) is 6.07 Å². The summed E-state index contributed by atoms with van der Waals surface area (Å²) in [5.74, 6) is -0.740. The molecule has 148 valence electrons. The molecule has 2 aromatic rings. The first-order chi connectivity index (χ1) is 14.0. The zero-order valence-electron chi connectivity index (χ0n) is 16.9. The summed E-state index contributed by atoms with van der Waals surface area (Å²) in [5, 5.41) is 11.6. The number of ketones is 1. The Hall–Kier alpha value is -2.29. The molecular formula is C24H24N2OS2. The molecule has 1 heterocycles. The molecule has 1 aliphatic rings. The van der Waals surface area contributed by atoms with Crippen LogP contribution in [0.25, 0.3) is 0 Å². The van der Waals surface area contributed by atoms with Crippen LogP contribution in [0.2, 0.25) is 0 Å². The predicted molar refractivity (Wildman–Crippen MR) is 123 cm³/mol. The van der Waals surface area contributed by atoms with Crippen molar-refractivity contribution < 1.29 is 4.79 Å². The number of aliphatic imine (C=N–C) groups is 1. The molecule has 29 heavy (non-hydrogen) atoms. The van der Waals surface area contributed by atoms with E-state index in [0.29, 0.717) is 5.57 Å². The lowest BCUT2D eigenvalue weighted by molar-refractivity contribution is -0.114. The van der Waals surface area contributed by atoms with Gasteiger partial charge in [0.15, 0.2) is 5.78 Å². The Balaban J connectivity index is 1.89. The number of Topliss-reactive ketones (excluding diaryl/α,β-unsaturated/α-hetero) is 1. The molecule has 0 N–H and O–H groups in total. The summed E-state index contributed by atoms with van der Waals surface area (Å²) in [5.41, 5.74) is 3.62. The minimum Gasteiger partial charge on any atom is -0.295 e. The summed E-state index contributed by atoms with van der Waals surface area (Å²) >= 11 is 3.32. The van der Waals surface area contributed by atoms with Crippen LogP contribution in [0.4, 0.5) is 0 Å². The summed E-state index contributed by atoms with van der Waals surface area (Å²) in [4.78, 5) is 18.3.